The summed E-state index contributed by atoms with van der Waals surface area (Å²) in [5.41, 5.74) is 1.58. The predicted molar refractivity (Wildman–Crippen MR) is 145 cm³/mol. The topological polar surface area (TPSA) is 82.9 Å². The molecule has 192 valence electrons. The number of aliphatic hydroxyl groups is 1. The van der Waals surface area contributed by atoms with Crippen LogP contribution >= 0.6 is 35.0 Å². The molecule has 0 radical (unpaired) electrons. The number of benzene rings is 2. The monoisotopic (exact) mass is 548 g/mol. The van der Waals surface area contributed by atoms with Crippen LogP contribution in [0, 0.1) is 11.8 Å². The second kappa shape index (κ2) is 12.5. The lowest BCUT2D eigenvalue weighted by Crippen LogP contribution is -2.44. The predicted octanol–water partition coefficient (Wildman–Crippen LogP) is 6.18. The standard InChI is InChI=1S/C27H30Cl2N2O4S/c1-35-18-6-7-23-20(15-18)19(9-11-30-23)24(32)8-5-17-10-12-31(16-21(17)27(33)34)13-14-36-25-4-2-3-22(28)26(25)29/h2-4,6-7,9,11,15,17,21,24,32H,5,8,10,12-14,16H2,1H3,(H,33,34)/t17-,21+,24?/m1/s1. The van der Waals surface area contributed by atoms with Gasteiger partial charge in [0.05, 0.1) is 34.7 Å². The Labute approximate surface area is 225 Å². The van der Waals surface area contributed by atoms with Gasteiger partial charge in [-0.25, -0.2) is 0 Å². The smallest absolute Gasteiger partial charge is 0.308 e. The molecule has 0 saturated carbocycles. The van der Waals surface area contributed by atoms with Gasteiger partial charge in [0.2, 0.25) is 0 Å². The van der Waals surface area contributed by atoms with E-state index < -0.39 is 18.0 Å². The Morgan fingerprint density at radius 2 is 2.11 bits per heavy atom. The number of halogens is 2. The number of aliphatic carboxylic acids is 1. The zero-order chi connectivity index (χ0) is 25.7. The van der Waals surface area contributed by atoms with Crippen molar-refractivity contribution in [2.75, 3.05) is 32.5 Å². The molecule has 2 aromatic carbocycles. The Hall–Kier alpha value is -2.03. The van der Waals surface area contributed by atoms with Crippen LogP contribution < -0.4 is 4.74 Å². The summed E-state index contributed by atoms with van der Waals surface area (Å²) < 4.78 is 5.33. The zero-order valence-electron chi connectivity index (χ0n) is 20.1. The summed E-state index contributed by atoms with van der Waals surface area (Å²) in [6.07, 6.45) is 2.92. The second-order valence-electron chi connectivity index (χ2n) is 9.07. The molecule has 2 N–H and O–H groups in total. The number of ether oxygens (including phenoxy) is 1. The molecular formula is C27H30Cl2N2O4S. The van der Waals surface area contributed by atoms with Crippen molar-refractivity contribution in [3.63, 3.8) is 0 Å². The van der Waals surface area contributed by atoms with Crippen LogP contribution in [0.4, 0.5) is 0 Å². The highest BCUT2D eigenvalue weighted by molar-refractivity contribution is 7.99. The van der Waals surface area contributed by atoms with Crippen molar-refractivity contribution < 1.29 is 19.7 Å². The molecule has 2 heterocycles. The summed E-state index contributed by atoms with van der Waals surface area (Å²) in [6.45, 7) is 2.12. The summed E-state index contributed by atoms with van der Waals surface area (Å²) in [5, 5.41) is 22.9. The van der Waals surface area contributed by atoms with Gasteiger partial charge in [-0.15, -0.1) is 11.8 Å². The lowest BCUT2D eigenvalue weighted by atomic mass is 9.81. The number of carboxylic acids is 1. The number of thioether (sulfide) groups is 1. The minimum absolute atomic E-state index is 0.0195. The first-order chi connectivity index (χ1) is 17.4. The number of pyridine rings is 1. The molecule has 0 bridgehead atoms. The first-order valence-corrected chi connectivity index (χ1v) is 13.7. The van der Waals surface area contributed by atoms with Crippen LogP contribution in [0.25, 0.3) is 10.9 Å². The maximum absolute atomic E-state index is 12.1. The van der Waals surface area contributed by atoms with E-state index in [4.69, 9.17) is 27.9 Å². The van der Waals surface area contributed by atoms with E-state index in [-0.39, 0.29) is 5.92 Å². The van der Waals surface area contributed by atoms with E-state index in [1.165, 1.54) is 0 Å². The third-order valence-corrected chi connectivity index (χ3v) is 8.86. The number of methoxy groups -OCH3 is 1. The first kappa shape index (κ1) is 27.0. The third kappa shape index (κ3) is 6.45. The van der Waals surface area contributed by atoms with Gasteiger partial charge in [0.15, 0.2) is 0 Å². The molecule has 1 fully saturated rings. The number of fused-ring (bicyclic) bond motifs is 1. The minimum Gasteiger partial charge on any atom is -0.497 e. The summed E-state index contributed by atoms with van der Waals surface area (Å²) in [5.74, 6) is 0.293. The van der Waals surface area contributed by atoms with E-state index in [2.05, 4.69) is 9.88 Å². The molecule has 1 unspecified atom stereocenters. The van der Waals surface area contributed by atoms with E-state index in [1.54, 1.807) is 31.1 Å². The van der Waals surface area contributed by atoms with E-state index in [0.29, 0.717) is 35.2 Å². The fourth-order valence-electron chi connectivity index (χ4n) is 4.87. The van der Waals surface area contributed by atoms with Crippen LogP contribution in [0.5, 0.6) is 5.75 Å². The Kier molecular flexibility index (Phi) is 9.36. The van der Waals surface area contributed by atoms with Crippen molar-refractivity contribution in [3.8, 4) is 5.75 Å². The molecule has 1 aliphatic rings. The van der Waals surface area contributed by atoms with Crippen molar-refractivity contribution in [3.05, 3.63) is 64.3 Å². The quantitative estimate of drug-likeness (QED) is 0.292. The third-order valence-electron chi connectivity index (χ3n) is 6.89. The van der Waals surface area contributed by atoms with Crippen molar-refractivity contribution in [1.29, 1.82) is 0 Å². The van der Waals surface area contributed by atoms with Gasteiger partial charge in [-0.05, 0) is 73.7 Å². The van der Waals surface area contributed by atoms with Crippen molar-refractivity contribution in [2.45, 2.75) is 30.3 Å². The van der Waals surface area contributed by atoms with E-state index in [0.717, 1.165) is 46.6 Å². The van der Waals surface area contributed by atoms with Gasteiger partial charge in [-0.3, -0.25) is 9.78 Å². The van der Waals surface area contributed by atoms with Crippen LogP contribution in [-0.2, 0) is 4.79 Å². The van der Waals surface area contributed by atoms with E-state index in [9.17, 15) is 15.0 Å². The molecule has 3 atom stereocenters. The normalized spacial score (nSPS) is 19.3. The highest BCUT2D eigenvalue weighted by atomic mass is 35.5. The number of hydrogen-bond acceptors (Lipinski definition) is 6. The molecule has 9 heteroatoms. The molecule has 1 aliphatic heterocycles. The molecule has 0 amide bonds. The molecule has 3 aromatic rings. The molecule has 36 heavy (non-hydrogen) atoms. The number of carbonyl (C=O) groups is 1. The number of aromatic nitrogens is 1. The number of piperidine rings is 1. The maximum Gasteiger partial charge on any atom is 0.308 e. The van der Waals surface area contributed by atoms with Gasteiger partial charge in [0, 0.05) is 35.3 Å². The van der Waals surface area contributed by atoms with Gasteiger partial charge >= 0.3 is 5.97 Å². The summed E-state index contributed by atoms with van der Waals surface area (Å²) >= 11 is 14.0. The van der Waals surface area contributed by atoms with Gasteiger partial charge in [0.25, 0.3) is 0 Å². The number of likely N-dealkylation sites (tertiary alicyclic amines) is 1. The fourth-order valence-corrected chi connectivity index (χ4v) is 6.37. The summed E-state index contributed by atoms with van der Waals surface area (Å²) in [4.78, 5) is 19.6. The van der Waals surface area contributed by atoms with E-state index in [1.807, 2.05) is 36.4 Å². The molecule has 6 nitrogen and oxygen atoms in total. The summed E-state index contributed by atoms with van der Waals surface area (Å²) in [7, 11) is 1.61. The lowest BCUT2D eigenvalue weighted by Gasteiger charge is -2.37. The minimum atomic E-state index is -0.774. The number of hydrogen-bond donors (Lipinski definition) is 2. The van der Waals surface area contributed by atoms with Crippen molar-refractivity contribution in [2.24, 2.45) is 11.8 Å². The number of carboxylic acid groups (broad SMARTS) is 1. The Morgan fingerprint density at radius 3 is 2.89 bits per heavy atom. The molecule has 0 aliphatic carbocycles. The van der Waals surface area contributed by atoms with Crippen LogP contribution in [0.1, 0.15) is 30.9 Å². The van der Waals surface area contributed by atoms with Crippen molar-refractivity contribution in [1.82, 2.24) is 9.88 Å². The molecule has 4 rings (SSSR count). The van der Waals surface area contributed by atoms with Gasteiger partial charge < -0.3 is 19.8 Å². The number of nitrogens with zero attached hydrogens (tertiary/aromatic N) is 2. The SMILES string of the molecule is COc1ccc2nccc(C(O)CC[C@@H]3CCN(CCSc4cccc(Cl)c4Cl)C[C@@H]3C(=O)O)c2c1. The Balaban J connectivity index is 1.33. The van der Waals surface area contributed by atoms with Crippen LogP contribution in [-0.4, -0.2) is 58.6 Å². The lowest BCUT2D eigenvalue weighted by molar-refractivity contribution is -0.146. The van der Waals surface area contributed by atoms with Gasteiger partial charge in [-0.1, -0.05) is 29.3 Å². The van der Waals surface area contributed by atoms with Crippen LogP contribution in [0.3, 0.4) is 0 Å². The number of aliphatic hydroxyl groups excluding tert-OH is 1. The maximum atomic E-state index is 12.1. The highest BCUT2D eigenvalue weighted by Gasteiger charge is 2.34. The molecular weight excluding hydrogens is 519 g/mol. The number of rotatable bonds is 10. The fraction of sp³-hybridized carbons (Fsp3) is 0.407. The Morgan fingerprint density at radius 1 is 1.28 bits per heavy atom. The Bertz CT molecular complexity index is 1210. The molecule has 1 aromatic heterocycles. The summed E-state index contributed by atoms with van der Waals surface area (Å²) in [6, 6.07) is 13.0. The van der Waals surface area contributed by atoms with E-state index >= 15 is 0 Å². The first-order valence-electron chi connectivity index (χ1n) is 12.0. The largest absolute Gasteiger partial charge is 0.497 e. The average molecular weight is 550 g/mol. The molecule has 1 saturated heterocycles. The van der Waals surface area contributed by atoms with Crippen LogP contribution in [0.2, 0.25) is 10.0 Å². The van der Waals surface area contributed by atoms with Crippen LogP contribution in [0.15, 0.2) is 53.6 Å². The van der Waals surface area contributed by atoms with Gasteiger partial charge in [-0.2, -0.15) is 0 Å². The van der Waals surface area contributed by atoms with Gasteiger partial charge in [0.1, 0.15) is 5.75 Å². The second-order valence-corrected chi connectivity index (χ2v) is 11.0. The average Bonchev–Trinajstić information content (AvgIpc) is 2.89. The van der Waals surface area contributed by atoms with Crippen molar-refractivity contribution >= 4 is 51.8 Å². The highest BCUT2D eigenvalue weighted by Crippen LogP contribution is 2.35. The zero-order valence-corrected chi connectivity index (χ0v) is 22.4. The molecule has 0 spiro atoms.